The van der Waals surface area contributed by atoms with E-state index >= 15 is 0 Å². The average molecular weight is 400 g/mol. The van der Waals surface area contributed by atoms with Crippen LogP contribution in [0.3, 0.4) is 0 Å². The summed E-state index contributed by atoms with van der Waals surface area (Å²) in [6.45, 7) is 7.31. The molecule has 5 nitrogen and oxygen atoms in total. The first-order chi connectivity index (χ1) is 13.7. The summed E-state index contributed by atoms with van der Waals surface area (Å²) in [6, 6.07) is 0. The van der Waals surface area contributed by atoms with Gasteiger partial charge in [0.25, 0.3) is 0 Å². The van der Waals surface area contributed by atoms with Gasteiger partial charge in [0.15, 0.2) is 5.78 Å². The Bertz CT molecular complexity index is 775. The Morgan fingerprint density at radius 2 is 1.69 bits per heavy atom. The van der Waals surface area contributed by atoms with Crippen LogP contribution in [-0.4, -0.2) is 31.5 Å². The second-order valence-corrected chi connectivity index (χ2v) is 11.6. The molecule has 0 aromatic carbocycles. The van der Waals surface area contributed by atoms with Crippen molar-refractivity contribution in [3.63, 3.8) is 0 Å². The molecule has 5 heteroatoms. The van der Waals surface area contributed by atoms with Crippen LogP contribution in [0.15, 0.2) is 12.4 Å². The number of ketones is 1. The molecular formula is C24H37N3O2. The Labute approximate surface area is 174 Å². The largest absolute Gasteiger partial charge is 0.390 e. The van der Waals surface area contributed by atoms with Gasteiger partial charge in [-0.2, -0.15) is 15.0 Å². The molecule has 1 heterocycles. The summed E-state index contributed by atoms with van der Waals surface area (Å²) in [5, 5.41) is 19.0. The Morgan fingerprint density at radius 1 is 0.966 bits per heavy atom. The third kappa shape index (κ3) is 3.02. The number of hydrogen-bond acceptors (Lipinski definition) is 4. The number of fused-ring (bicyclic) bond motifs is 5. The van der Waals surface area contributed by atoms with Crippen LogP contribution in [-0.2, 0) is 11.3 Å². The average Bonchev–Trinajstić information content (AvgIpc) is 3.29. The van der Waals surface area contributed by atoms with E-state index < -0.39 is 5.60 Å². The summed E-state index contributed by atoms with van der Waals surface area (Å²) < 4.78 is 0. The zero-order valence-corrected chi connectivity index (χ0v) is 18.3. The van der Waals surface area contributed by atoms with Gasteiger partial charge in [-0.15, -0.1) is 0 Å². The van der Waals surface area contributed by atoms with Crippen LogP contribution in [0.1, 0.15) is 78.6 Å². The van der Waals surface area contributed by atoms with Crippen molar-refractivity contribution in [3.8, 4) is 0 Å². The van der Waals surface area contributed by atoms with Crippen molar-refractivity contribution in [3.05, 3.63) is 12.4 Å². The monoisotopic (exact) mass is 399 g/mol. The van der Waals surface area contributed by atoms with Crippen LogP contribution >= 0.6 is 0 Å². The number of Topliss-reactive ketones (excluding diaryl/α,β-unsaturated/α-hetero) is 1. The zero-order valence-electron chi connectivity index (χ0n) is 18.3. The van der Waals surface area contributed by atoms with Crippen LogP contribution in [0.25, 0.3) is 0 Å². The van der Waals surface area contributed by atoms with Gasteiger partial charge in [-0.05, 0) is 99.2 Å². The lowest BCUT2D eigenvalue weighted by molar-refractivity contribution is -0.151. The highest BCUT2D eigenvalue weighted by atomic mass is 16.3. The highest BCUT2D eigenvalue weighted by Gasteiger charge is 2.61. The second kappa shape index (κ2) is 6.63. The summed E-state index contributed by atoms with van der Waals surface area (Å²) in [4.78, 5) is 14.7. The van der Waals surface area contributed by atoms with Crippen LogP contribution in [0.5, 0.6) is 0 Å². The molecule has 1 aromatic rings. The van der Waals surface area contributed by atoms with Gasteiger partial charge in [-0.25, -0.2) is 0 Å². The summed E-state index contributed by atoms with van der Waals surface area (Å²) in [5.74, 6) is 3.38. The topological polar surface area (TPSA) is 68.0 Å². The summed E-state index contributed by atoms with van der Waals surface area (Å²) in [5.41, 5.74) is 0.0634. The summed E-state index contributed by atoms with van der Waals surface area (Å²) in [6.07, 6.45) is 13.6. The quantitative estimate of drug-likeness (QED) is 0.825. The Morgan fingerprint density at radius 3 is 2.45 bits per heavy atom. The van der Waals surface area contributed by atoms with Gasteiger partial charge in [-0.1, -0.05) is 13.8 Å². The summed E-state index contributed by atoms with van der Waals surface area (Å²) >= 11 is 0. The number of aromatic nitrogens is 3. The number of rotatable bonds is 3. The van der Waals surface area contributed by atoms with Crippen LogP contribution in [0.4, 0.5) is 0 Å². The van der Waals surface area contributed by atoms with Crippen molar-refractivity contribution >= 4 is 5.78 Å². The third-order valence-electron chi connectivity index (χ3n) is 10.1. The highest BCUT2D eigenvalue weighted by molar-refractivity contribution is 5.81. The number of hydrogen-bond donors (Lipinski definition) is 1. The standard InChI is InChI=1S/C24H37N3O2/c1-22(29)10-11-23(2)16(14-22)4-5-17-18-6-7-20(24(18,3)9-8-19(17)23)21(28)15-27-25-12-13-26-27/h12-13,16-20,29H,4-11,14-15H2,1-3H3/t16-,17+,18+,19+,20-,22-,23+,24?/m1/s1. The third-order valence-corrected chi connectivity index (χ3v) is 10.1. The Hall–Kier alpha value is -1.23. The first kappa shape index (κ1) is 19.7. The fourth-order valence-corrected chi connectivity index (χ4v) is 8.53. The smallest absolute Gasteiger partial charge is 0.159 e. The van der Waals surface area contributed by atoms with E-state index in [1.54, 1.807) is 17.2 Å². The van der Waals surface area contributed by atoms with Gasteiger partial charge in [0.05, 0.1) is 18.0 Å². The van der Waals surface area contributed by atoms with Crippen molar-refractivity contribution in [1.29, 1.82) is 0 Å². The molecule has 0 bridgehead atoms. The second-order valence-electron chi connectivity index (χ2n) is 11.6. The van der Waals surface area contributed by atoms with E-state index in [-0.39, 0.29) is 11.3 Å². The fourth-order valence-electron chi connectivity index (χ4n) is 8.53. The maximum absolute atomic E-state index is 13.2. The summed E-state index contributed by atoms with van der Waals surface area (Å²) in [7, 11) is 0. The van der Waals surface area contributed by atoms with E-state index in [2.05, 4.69) is 24.0 Å². The Kier molecular flexibility index (Phi) is 4.51. The molecule has 1 N–H and O–H groups in total. The lowest BCUT2D eigenvalue weighted by atomic mass is 9.44. The van der Waals surface area contributed by atoms with Gasteiger partial charge in [0.2, 0.25) is 0 Å². The lowest BCUT2D eigenvalue weighted by Crippen LogP contribution is -2.55. The molecule has 0 spiro atoms. The molecule has 160 valence electrons. The molecule has 1 aromatic heterocycles. The number of aliphatic hydroxyl groups is 1. The van der Waals surface area contributed by atoms with Crippen molar-refractivity contribution < 1.29 is 9.90 Å². The fraction of sp³-hybridized carbons (Fsp3) is 0.875. The maximum Gasteiger partial charge on any atom is 0.159 e. The van der Waals surface area contributed by atoms with Gasteiger partial charge in [-0.3, -0.25) is 4.79 Å². The number of carbonyl (C=O) groups is 1. The predicted molar refractivity (Wildman–Crippen MR) is 111 cm³/mol. The zero-order chi connectivity index (χ0) is 20.4. The molecule has 4 aliphatic rings. The highest BCUT2D eigenvalue weighted by Crippen LogP contribution is 2.68. The molecule has 0 amide bonds. The minimum atomic E-state index is -0.467. The molecule has 0 aliphatic heterocycles. The molecule has 8 atom stereocenters. The number of carbonyl (C=O) groups excluding carboxylic acids is 1. The molecule has 4 fully saturated rings. The minimum Gasteiger partial charge on any atom is -0.390 e. The lowest BCUT2D eigenvalue weighted by Gasteiger charge is -2.61. The van der Waals surface area contributed by atoms with E-state index in [0.717, 1.165) is 31.1 Å². The molecule has 0 saturated heterocycles. The Balaban J connectivity index is 1.36. The van der Waals surface area contributed by atoms with E-state index in [9.17, 15) is 9.90 Å². The van der Waals surface area contributed by atoms with Gasteiger partial charge < -0.3 is 5.11 Å². The maximum atomic E-state index is 13.2. The predicted octanol–water partition coefficient (Wildman–Crippen LogP) is 4.26. The van der Waals surface area contributed by atoms with Crippen molar-refractivity contribution in [1.82, 2.24) is 15.0 Å². The van der Waals surface area contributed by atoms with Crippen molar-refractivity contribution in [2.24, 2.45) is 40.4 Å². The molecule has 4 aliphatic carbocycles. The molecule has 5 rings (SSSR count). The van der Waals surface area contributed by atoms with E-state index in [4.69, 9.17) is 0 Å². The van der Waals surface area contributed by atoms with Crippen LogP contribution < -0.4 is 0 Å². The van der Waals surface area contributed by atoms with E-state index in [0.29, 0.717) is 29.6 Å². The molecule has 0 radical (unpaired) electrons. The molecular weight excluding hydrogens is 362 g/mol. The van der Waals surface area contributed by atoms with Gasteiger partial charge in [0, 0.05) is 5.92 Å². The first-order valence-corrected chi connectivity index (χ1v) is 11.8. The SMILES string of the molecule is CC12CC[C@H]3[C@@H](CC[C@@H]4C[C@](C)(O)CC[C@@]43C)[C@@H]1CC[C@@H]2C(=O)Cn1nccn1. The van der Waals surface area contributed by atoms with Crippen LogP contribution in [0, 0.1) is 40.4 Å². The number of nitrogens with zero attached hydrogens (tertiary/aromatic N) is 3. The van der Waals surface area contributed by atoms with E-state index in [1.165, 1.54) is 38.5 Å². The van der Waals surface area contributed by atoms with Gasteiger partial charge in [0.1, 0.15) is 6.54 Å². The van der Waals surface area contributed by atoms with Crippen molar-refractivity contribution in [2.75, 3.05) is 0 Å². The van der Waals surface area contributed by atoms with E-state index in [1.807, 2.05) is 6.92 Å². The molecule has 4 saturated carbocycles. The minimum absolute atomic E-state index is 0.148. The van der Waals surface area contributed by atoms with Crippen molar-refractivity contribution in [2.45, 2.75) is 90.7 Å². The molecule has 29 heavy (non-hydrogen) atoms. The molecule has 1 unspecified atom stereocenters. The van der Waals surface area contributed by atoms with Crippen LogP contribution in [0.2, 0.25) is 0 Å². The normalized spacial score (nSPS) is 49.2. The van der Waals surface area contributed by atoms with Gasteiger partial charge >= 0.3 is 0 Å². The first-order valence-electron chi connectivity index (χ1n) is 11.8.